The number of carbonyl (C=O) groups is 1. The summed E-state index contributed by atoms with van der Waals surface area (Å²) in [5, 5.41) is 3.45. The molecule has 0 bridgehead atoms. The highest BCUT2D eigenvalue weighted by molar-refractivity contribution is 6.30. The maximum Gasteiger partial charge on any atom is 0.416 e. The number of alkyl halides is 3. The monoisotopic (exact) mass is 558 g/mol. The summed E-state index contributed by atoms with van der Waals surface area (Å²) in [6, 6.07) is 13.5. The van der Waals surface area contributed by atoms with Crippen molar-refractivity contribution in [2.24, 2.45) is 0 Å². The van der Waals surface area contributed by atoms with E-state index in [0.29, 0.717) is 54.3 Å². The van der Waals surface area contributed by atoms with Gasteiger partial charge in [-0.3, -0.25) is 9.80 Å². The second-order valence-corrected chi connectivity index (χ2v) is 10.4. The molecule has 3 heterocycles. The van der Waals surface area contributed by atoms with Crippen molar-refractivity contribution in [3.63, 3.8) is 0 Å². The van der Waals surface area contributed by atoms with Crippen molar-refractivity contribution in [3.8, 4) is 0 Å². The number of fused-ring (bicyclic) bond motifs is 2. The number of likely N-dealkylation sites (tertiary alicyclic amines) is 1. The molecule has 5 nitrogen and oxygen atoms in total. The summed E-state index contributed by atoms with van der Waals surface area (Å²) in [6.07, 6.45) is 2.15. The fourth-order valence-electron chi connectivity index (χ4n) is 5.36. The van der Waals surface area contributed by atoms with E-state index in [4.69, 9.17) is 11.6 Å². The van der Waals surface area contributed by atoms with Crippen LogP contribution in [-0.2, 0) is 18.1 Å². The van der Waals surface area contributed by atoms with Crippen LogP contribution < -0.4 is 10.2 Å². The van der Waals surface area contributed by atoms with Gasteiger partial charge in [0.2, 0.25) is 5.95 Å². The SMILES string of the molecule is O=C(NCc1ccnc(F)c1)N1CC2(CCN(C/C=C/c3ccc(Cl)cc3)CC2)c2cc(C(F)(F)F)ccc21. The van der Waals surface area contributed by atoms with Gasteiger partial charge in [-0.05, 0) is 85.1 Å². The van der Waals surface area contributed by atoms with Gasteiger partial charge < -0.3 is 5.32 Å². The molecule has 0 unspecified atom stereocenters. The smallest absolute Gasteiger partial charge is 0.334 e. The zero-order valence-electron chi connectivity index (χ0n) is 21.0. The van der Waals surface area contributed by atoms with Gasteiger partial charge in [-0.15, -0.1) is 0 Å². The van der Waals surface area contributed by atoms with Crippen molar-refractivity contribution in [2.45, 2.75) is 31.0 Å². The topological polar surface area (TPSA) is 48.5 Å². The number of nitrogens with one attached hydrogen (secondary N) is 1. The molecule has 0 atom stereocenters. The predicted molar refractivity (Wildman–Crippen MR) is 143 cm³/mol. The molecule has 1 saturated heterocycles. The Balaban J connectivity index is 1.31. The van der Waals surface area contributed by atoms with E-state index in [9.17, 15) is 22.4 Å². The first-order valence-electron chi connectivity index (χ1n) is 12.6. The number of benzene rings is 2. The highest BCUT2D eigenvalue weighted by atomic mass is 35.5. The van der Waals surface area contributed by atoms with Gasteiger partial charge in [0.25, 0.3) is 0 Å². The molecule has 1 spiro atoms. The number of rotatable bonds is 5. The summed E-state index contributed by atoms with van der Waals surface area (Å²) in [6.45, 7) is 2.44. The Bertz CT molecular complexity index is 1370. The molecule has 2 aromatic carbocycles. The lowest BCUT2D eigenvalue weighted by Gasteiger charge is -2.39. The van der Waals surface area contributed by atoms with Crippen molar-refractivity contribution in [3.05, 3.63) is 100 Å². The summed E-state index contributed by atoms with van der Waals surface area (Å²) in [5.74, 6) is -0.651. The highest BCUT2D eigenvalue weighted by Crippen LogP contribution is 2.48. The van der Waals surface area contributed by atoms with Gasteiger partial charge in [-0.1, -0.05) is 35.9 Å². The van der Waals surface area contributed by atoms with Crippen molar-refractivity contribution in [1.29, 1.82) is 0 Å². The molecular weight excluding hydrogens is 532 g/mol. The molecule has 2 amide bonds. The minimum Gasteiger partial charge on any atom is -0.334 e. The number of urea groups is 1. The lowest BCUT2D eigenvalue weighted by molar-refractivity contribution is -0.137. The quantitative estimate of drug-likeness (QED) is 0.281. The maximum atomic E-state index is 13.6. The van der Waals surface area contributed by atoms with E-state index in [1.54, 1.807) is 6.07 Å². The summed E-state index contributed by atoms with van der Waals surface area (Å²) >= 11 is 5.94. The molecule has 1 aromatic heterocycles. The van der Waals surface area contributed by atoms with Crippen LogP contribution in [0.15, 0.2) is 66.9 Å². The van der Waals surface area contributed by atoms with E-state index in [-0.39, 0.29) is 13.1 Å². The third kappa shape index (κ3) is 6.09. The molecular formula is C29H27ClF4N4O. The first-order chi connectivity index (χ1) is 18.6. The van der Waals surface area contributed by atoms with Crippen molar-refractivity contribution < 1.29 is 22.4 Å². The Morgan fingerprint density at radius 3 is 2.51 bits per heavy atom. The van der Waals surface area contributed by atoms with Crippen LogP contribution in [-0.4, -0.2) is 42.1 Å². The fraction of sp³-hybridized carbons (Fsp3) is 0.310. The summed E-state index contributed by atoms with van der Waals surface area (Å²) in [4.78, 5) is 20.5. The molecule has 204 valence electrons. The largest absolute Gasteiger partial charge is 0.416 e. The van der Waals surface area contributed by atoms with Gasteiger partial charge in [0.1, 0.15) is 0 Å². The van der Waals surface area contributed by atoms with Gasteiger partial charge in [-0.2, -0.15) is 17.6 Å². The van der Waals surface area contributed by atoms with Crippen molar-refractivity contribution >= 4 is 29.4 Å². The minimum absolute atomic E-state index is 0.0749. The number of amides is 2. The molecule has 1 fully saturated rings. The van der Waals surface area contributed by atoms with Gasteiger partial charge >= 0.3 is 12.2 Å². The summed E-state index contributed by atoms with van der Waals surface area (Å²) in [7, 11) is 0. The van der Waals surface area contributed by atoms with Crippen LogP contribution in [0.25, 0.3) is 6.08 Å². The van der Waals surface area contributed by atoms with Crippen LogP contribution in [0.4, 0.5) is 28.0 Å². The standard InChI is InChI=1S/C29H27ClF4N4O/c30-23-6-3-20(4-7-23)2-1-13-37-14-10-28(11-15-37)19-38(25-8-5-22(17-24(25)28)29(32,33)34)27(39)36-18-21-9-12-35-26(31)16-21/h1-9,12,16-17H,10-11,13-15,18-19H2,(H,36,39)/b2-1+. The third-order valence-corrected chi connectivity index (χ3v) is 7.74. The van der Waals surface area contributed by atoms with Crippen molar-refractivity contribution in [1.82, 2.24) is 15.2 Å². The normalized spacial score (nSPS) is 17.1. The van der Waals surface area contributed by atoms with Crippen LogP contribution in [0, 0.1) is 5.95 Å². The van der Waals surface area contributed by atoms with Crippen LogP contribution >= 0.6 is 11.6 Å². The fourth-order valence-corrected chi connectivity index (χ4v) is 5.48. The molecule has 3 aromatic rings. The second-order valence-electron chi connectivity index (χ2n) is 10.00. The van der Waals surface area contributed by atoms with Gasteiger partial charge in [0, 0.05) is 42.0 Å². The number of aromatic nitrogens is 1. The number of halogens is 5. The van der Waals surface area contributed by atoms with Gasteiger partial charge in [0.15, 0.2) is 0 Å². The number of anilines is 1. The molecule has 0 aliphatic carbocycles. The van der Waals surface area contributed by atoms with Crippen molar-refractivity contribution in [2.75, 3.05) is 31.1 Å². The van der Waals surface area contributed by atoms with Gasteiger partial charge in [-0.25, -0.2) is 9.78 Å². The Labute approximate surface area is 229 Å². The zero-order valence-corrected chi connectivity index (χ0v) is 21.8. The Kier molecular flexibility index (Phi) is 7.64. The van der Waals surface area contributed by atoms with E-state index in [1.807, 2.05) is 30.3 Å². The summed E-state index contributed by atoms with van der Waals surface area (Å²) in [5.41, 5.74) is 1.32. The number of pyridine rings is 1. The van der Waals surface area contributed by atoms with E-state index in [1.165, 1.54) is 29.3 Å². The van der Waals surface area contributed by atoms with E-state index >= 15 is 0 Å². The molecule has 2 aliphatic heterocycles. The second kappa shape index (κ2) is 11.0. The number of hydrogen-bond acceptors (Lipinski definition) is 3. The lowest BCUT2D eigenvalue weighted by Crippen LogP contribution is -2.47. The Hall–Kier alpha value is -3.43. The Morgan fingerprint density at radius 1 is 1.08 bits per heavy atom. The minimum atomic E-state index is -4.48. The number of nitrogens with zero attached hydrogens (tertiary/aromatic N) is 3. The maximum absolute atomic E-state index is 13.6. The van der Waals surface area contributed by atoms with Crippen LogP contribution in [0.2, 0.25) is 5.02 Å². The van der Waals surface area contributed by atoms with E-state index in [2.05, 4.69) is 21.3 Å². The van der Waals surface area contributed by atoms with E-state index in [0.717, 1.165) is 11.6 Å². The first kappa shape index (κ1) is 27.1. The van der Waals surface area contributed by atoms with Crippen LogP contribution in [0.5, 0.6) is 0 Å². The highest BCUT2D eigenvalue weighted by Gasteiger charge is 2.47. The molecule has 2 aliphatic rings. The lowest BCUT2D eigenvalue weighted by atomic mass is 9.74. The molecule has 1 N–H and O–H groups in total. The molecule has 39 heavy (non-hydrogen) atoms. The first-order valence-corrected chi connectivity index (χ1v) is 13.0. The number of hydrogen-bond donors (Lipinski definition) is 1. The molecule has 10 heteroatoms. The average molecular weight is 559 g/mol. The van der Waals surface area contributed by atoms with Crippen LogP contribution in [0.3, 0.4) is 0 Å². The number of piperidine rings is 1. The zero-order chi connectivity index (χ0) is 27.6. The number of carbonyl (C=O) groups excluding carboxylic acids is 1. The van der Waals surface area contributed by atoms with Gasteiger partial charge in [0.05, 0.1) is 5.56 Å². The van der Waals surface area contributed by atoms with E-state index < -0.39 is 29.1 Å². The average Bonchev–Trinajstić information content (AvgIpc) is 3.22. The molecule has 0 radical (unpaired) electrons. The molecule has 5 rings (SSSR count). The summed E-state index contributed by atoms with van der Waals surface area (Å²) < 4.78 is 54.3. The third-order valence-electron chi connectivity index (χ3n) is 7.48. The Morgan fingerprint density at radius 2 is 1.82 bits per heavy atom. The van der Waals surface area contributed by atoms with Crippen LogP contribution in [0.1, 0.15) is 35.1 Å². The molecule has 0 saturated carbocycles. The predicted octanol–water partition coefficient (Wildman–Crippen LogP) is 6.67.